The minimum absolute atomic E-state index is 0. The predicted molar refractivity (Wildman–Crippen MR) is 98.5 cm³/mol. The molecule has 1 amide bonds. The van der Waals surface area contributed by atoms with E-state index in [1.807, 2.05) is 6.92 Å². The summed E-state index contributed by atoms with van der Waals surface area (Å²) in [4.78, 5) is 12.1. The summed E-state index contributed by atoms with van der Waals surface area (Å²) < 4.78 is 32.4. The van der Waals surface area contributed by atoms with Crippen LogP contribution in [0.1, 0.15) is 36.5 Å². The molecule has 9 heteroatoms. The summed E-state index contributed by atoms with van der Waals surface area (Å²) in [5.74, 6) is -0.244. The monoisotopic (exact) mass is 391 g/mol. The summed E-state index contributed by atoms with van der Waals surface area (Å²) in [6, 6.07) is 5.88. The fourth-order valence-electron chi connectivity index (χ4n) is 2.39. The zero-order valence-corrected chi connectivity index (χ0v) is 15.9. The molecule has 1 aliphatic heterocycles. The lowest BCUT2D eigenvalue weighted by atomic mass is 10.2. The van der Waals surface area contributed by atoms with Crippen LogP contribution in [-0.2, 0) is 14.8 Å². The number of benzene rings is 1. The third-order valence-electron chi connectivity index (χ3n) is 3.84. The average molecular weight is 392 g/mol. The van der Waals surface area contributed by atoms with Crippen molar-refractivity contribution in [2.75, 3.05) is 19.7 Å². The number of hydrogen-bond donors (Lipinski definition) is 3. The average Bonchev–Trinajstić information content (AvgIpc) is 3.06. The van der Waals surface area contributed by atoms with Crippen LogP contribution >= 0.6 is 12.4 Å². The van der Waals surface area contributed by atoms with Crippen molar-refractivity contribution in [3.05, 3.63) is 29.8 Å². The van der Waals surface area contributed by atoms with E-state index in [2.05, 4.69) is 10.0 Å². The van der Waals surface area contributed by atoms with Gasteiger partial charge < -0.3 is 15.8 Å². The topological polar surface area (TPSA) is 111 Å². The molecule has 0 saturated carbocycles. The number of hydrogen-bond acceptors (Lipinski definition) is 5. The van der Waals surface area contributed by atoms with Gasteiger partial charge in [0.05, 0.1) is 11.0 Å². The summed E-state index contributed by atoms with van der Waals surface area (Å²) in [5, 5.41) is 2.75. The van der Waals surface area contributed by atoms with Crippen molar-refractivity contribution in [3.8, 4) is 0 Å². The molecule has 2 unspecified atom stereocenters. The Bertz CT molecular complexity index is 644. The molecule has 0 spiro atoms. The van der Waals surface area contributed by atoms with Crippen LogP contribution < -0.4 is 15.8 Å². The molecular weight excluding hydrogens is 366 g/mol. The van der Waals surface area contributed by atoms with Gasteiger partial charge in [-0.1, -0.05) is 0 Å². The highest BCUT2D eigenvalue weighted by Gasteiger charge is 2.20. The van der Waals surface area contributed by atoms with Gasteiger partial charge in [-0.3, -0.25) is 4.79 Å². The number of carbonyl (C=O) groups excluding carboxylic acids is 1. The summed E-state index contributed by atoms with van der Waals surface area (Å²) in [5.41, 5.74) is 6.04. The van der Waals surface area contributed by atoms with Gasteiger partial charge in [-0.25, -0.2) is 13.1 Å². The Morgan fingerprint density at radius 2 is 2.04 bits per heavy atom. The number of nitrogens with two attached hydrogens (primary N) is 1. The molecule has 1 fully saturated rings. The van der Waals surface area contributed by atoms with Gasteiger partial charge in [0.2, 0.25) is 10.0 Å². The number of amides is 1. The molecular formula is C16H26ClN3O4S. The number of carbonyl (C=O) groups is 1. The van der Waals surface area contributed by atoms with Crippen LogP contribution in [0.25, 0.3) is 0 Å². The van der Waals surface area contributed by atoms with E-state index in [0.717, 1.165) is 12.8 Å². The van der Waals surface area contributed by atoms with Crippen LogP contribution in [0.2, 0.25) is 0 Å². The van der Waals surface area contributed by atoms with Gasteiger partial charge in [-0.2, -0.15) is 0 Å². The van der Waals surface area contributed by atoms with E-state index in [9.17, 15) is 13.2 Å². The highest BCUT2D eigenvalue weighted by Crippen LogP contribution is 2.14. The Balaban J connectivity index is 0.00000312. The molecule has 4 N–H and O–H groups in total. The Labute approximate surface area is 155 Å². The summed E-state index contributed by atoms with van der Waals surface area (Å²) in [6.45, 7) is 3.30. The normalized spacial score (nSPS) is 18.4. The number of sulfonamides is 1. The first-order chi connectivity index (χ1) is 11.4. The Kier molecular flexibility index (Phi) is 8.81. The number of halogens is 1. The standard InChI is InChI=1S/C16H25N3O4S.ClH/c1-12(17)8-9-18-16(20)13-4-6-15(7-5-13)24(21,22)19-11-14-3-2-10-23-14;/h4-7,12,14,19H,2-3,8-11,17H2,1H3,(H,18,20);1H. The van der Waals surface area contributed by atoms with E-state index in [-0.39, 0.29) is 41.9 Å². The molecule has 1 aromatic rings. The van der Waals surface area contributed by atoms with Crippen LogP contribution in [0.4, 0.5) is 0 Å². The van der Waals surface area contributed by atoms with Crippen LogP contribution in [-0.4, -0.2) is 46.2 Å². The van der Waals surface area contributed by atoms with Crippen molar-refractivity contribution in [2.45, 2.75) is 43.2 Å². The van der Waals surface area contributed by atoms with Gasteiger partial charge in [-0.05, 0) is 50.5 Å². The number of nitrogens with one attached hydrogen (secondary N) is 2. The first-order valence-electron chi connectivity index (χ1n) is 8.13. The number of ether oxygens (including phenoxy) is 1. The van der Waals surface area contributed by atoms with E-state index in [4.69, 9.17) is 10.5 Å². The van der Waals surface area contributed by atoms with Crippen molar-refractivity contribution in [1.82, 2.24) is 10.0 Å². The van der Waals surface area contributed by atoms with Gasteiger partial charge >= 0.3 is 0 Å². The highest BCUT2D eigenvalue weighted by atomic mass is 35.5. The van der Waals surface area contributed by atoms with Crippen LogP contribution in [0.3, 0.4) is 0 Å². The molecule has 0 aliphatic carbocycles. The lowest BCUT2D eigenvalue weighted by molar-refractivity contribution is 0.0952. The fraction of sp³-hybridized carbons (Fsp3) is 0.562. The third kappa shape index (κ3) is 6.91. The number of rotatable bonds is 8. The van der Waals surface area contributed by atoms with Gasteiger partial charge in [0.1, 0.15) is 0 Å². The molecule has 0 bridgehead atoms. The first kappa shape index (κ1) is 21.9. The molecule has 7 nitrogen and oxygen atoms in total. The molecule has 0 aromatic heterocycles. The van der Waals surface area contributed by atoms with Gasteiger partial charge in [0, 0.05) is 31.3 Å². The zero-order chi connectivity index (χ0) is 17.6. The minimum atomic E-state index is -3.60. The Morgan fingerprint density at radius 1 is 1.36 bits per heavy atom. The largest absolute Gasteiger partial charge is 0.377 e. The van der Waals surface area contributed by atoms with E-state index >= 15 is 0 Å². The molecule has 2 atom stereocenters. The van der Waals surface area contributed by atoms with E-state index < -0.39 is 10.0 Å². The SMILES string of the molecule is CC(N)CCNC(=O)c1ccc(S(=O)(=O)NCC2CCCO2)cc1.Cl. The molecule has 2 rings (SSSR count). The second-order valence-corrected chi connectivity index (χ2v) is 7.80. The van der Waals surface area contributed by atoms with Crippen molar-refractivity contribution in [3.63, 3.8) is 0 Å². The van der Waals surface area contributed by atoms with Crippen molar-refractivity contribution >= 4 is 28.3 Å². The molecule has 0 radical (unpaired) electrons. The predicted octanol–water partition coefficient (Wildman–Crippen LogP) is 1.03. The smallest absolute Gasteiger partial charge is 0.251 e. The van der Waals surface area contributed by atoms with Gasteiger partial charge in [0.25, 0.3) is 5.91 Å². The van der Waals surface area contributed by atoms with Crippen molar-refractivity contribution in [1.29, 1.82) is 0 Å². The fourth-order valence-corrected chi connectivity index (χ4v) is 3.46. The lowest BCUT2D eigenvalue weighted by Gasteiger charge is -2.12. The van der Waals surface area contributed by atoms with E-state index in [1.54, 1.807) is 0 Å². The Hall–Kier alpha value is -1.19. The van der Waals surface area contributed by atoms with Crippen molar-refractivity contribution < 1.29 is 17.9 Å². The van der Waals surface area contributed by atoms with E-state index in [1.165, 1.54) is 24.3 Å². The van der Waals surface area contributed by atoms with Gasteiger partial charge in [-0.15, -0.1) is 12.4 Å². The second-order valence-electron chi connectivity index (χ2n) is 6.03. The van der Waals surface area contributed by atoms with Gasteiger partial charge in [0.15, 0.2) is 0 Å². The summed E-state index contributed by atoms with van der Waals surface area (Å²) in [7, 11) is -3.60. The van der Waals surface area contributed by atoms with Crippen LogP contribution in [0.5, 0.6) is 0 Å². The quantitative estimate of drug-likeness (QED) is 0.613. The van der Waals surface area contributed by atoms with Crippen LogP contribution in [0, 0.1) is 0 Å². The molecule has 1 saturated heterocycles. The van der Waals surface area contributed by atoms with Crippen LogP contribution in [0.15, 0.2) is 29.2 Å². The molecule has 25 heavy (non-hydrogen) atoms. The minimum Gasteiger partial charge on any atom is -0.377 e. The molecule has 142 valence electrons. The summed E-state index contributed by atoms with van der Waals surface area (Å²) in [6.07, 6.45) is 2.45. The third-order valence-corrected chi connectivity index (χ3v) is 5.28. The maximum Gasteiger partial charge on any atom is 0.251 e. The zero-order valence-electron chi connectivity index (χ0n) is 14.2. The second kappa shape index (κ2) is 10.1. The Morgan fingerprint density at radius 3 is 2.60 bits per heavy atom. The maximum absolute atomic E-state index is 12.2. The summed E-state index contributed by atoms with van der Waals surface area (Å²) >= 11 is 0. The lowest BCUT2D eigenvalue weighted by Crippen LogP contribution is -2.32. The molecule has 1 heterocycles. The van der Waals surface area contributed by atoms with Crippen molar-refractivity contribution in [2.24, 2.45) is 5.73 Å². The maximum atomic E-state index is 12.2. The first-order valence-corrected chi connectivity index (χ1v) is 9.62. The van der Waals surface area contributed by atoms with E-state index in [0.29, 0.717) is 25.1 Å². The molecule has 1 aliphatic rings. The highest BCUT2D eigenvalue weighted by molar-refractivity contribution is 7.89. The molecule has 1 aromatic carbocycles.